The van der Waals surface area contributed by atoms with E-state index in [2.05, 4.69) is 0 Å². The fourth-order valence-corrected chi connectivity index (χ4v) is 2.08. The zero-order chi connectivity index (χ0) is 12.4. The van der Waals surface area contributed by atoms with Crippen LogP contribution in [0.15, 0.2) is 12.1 Å². The van der Waals surface area contributed by atoms with Gasteiger partial charge in [0.25, 0.3) is 0 Å². The smallest absolute Gasteiger partial charge is 0.151 e. The predicted molar refractivity (Wildman–Crippen MR) is 63.0 cm³/mol. The fourth-order valence-electron chi connectivity index (χ4n) is 2.08. The van der Waals surface area contributed by atoms with E-state index in [4.69, 9.17) is 10.5 Å². The SMILES string of the molecule is CC1CN(c2c(F)cc(N)cc2F)CCCO1. The molecule has 0 aromatic heterocycles. The number of ether oxygens (including phenoxy) is 1. The second-order valence-corrected chi connectivity index (χ2v) is 4.31. The summed E-state index contributed by atoms with van der Waals surface area (Å²) in [5.74, 6) is -1.23. The molecule has 0 spiro atoms. The van der Waals surface area contributed by atoms with Crippen molar-refractivity contribution in [2.45, 2.75) is 19.4 Å². The van der Waals surface area contributed by atoms with Crippen LogP contribution in [0, 0.1) is 11.6 Å². The van der Waals surface area contributed by atoms with Crippen LogP contribution in [0.4, 0.5) is 20.2 Å². The normalized spacial score (nSPS) is 21.4. The summed E-state index contributed by atoms with van der Waals surface area (Å²) in [7, 11) is 0. The van der Waals surface area contributed by atoms with Crippen molar-refractivity contribution in [3.63, 3.8) is 0 Å². The van der Waals surface area contributed by atoms with Gasteiger partial charge in [0.2, 0.25) is 0 Å². The quantitative estimate of drug-likeness (QED) is 0.767. The summed E-state index contributed by atoms with van der Waals surface area (Å²) in [5.41, 5.74) is 5.49. The molecule has 1 saturated heterocycles. The second kappa shape index (κ2) is 4.87. The second-order valence-electron chi connectivity index (χ2n) is 4.31. The lowest BCUT2D eigenvalue weighted by molar-refractivity contribution is 0.0820. The van der Waals surface area contributed by atoms with Gasteiger partial charge in [-0.05, 0) is 25.5 Å². The Labute approximate surface area is 99.2 Å². The highest BCUT2D eigenvalue weighted by Crippen LogP contribution is 2.27. The molecule has 1 aliphatic heterocycles. The van der Waals surface area contributed by atoms with Gasteiger partial charge in [-0.3, -0.25) is 0 Å². The number of hydrogen-bond acceptors (Lipinski definition) is 3. The van der Waals surface area contributed by atoms with Gasteiger partial charge in [-0.15, -0.1) is 0 Å². The number of rotatable bonds is 1. The van der Waals surface area contributed by atoms with Crippen LogP contribution in [-0.4, -0.2) is 25.8 Å². The Balaban J connectivity index is 2.32. The molecule has 0 saturated carbocycles. The average Bonchev–Trinajstić information content (AvgIpc) is 2.41. The van der Waals surface area contributed by atoms with E-state index >= 15 is 0 Å². The first-order valence-electron chi connectivity index (χ1n) is 5.69. The summed E-state index contributed by atoms with van der Waals surface area (Å²) in [6.07, 6.45) is 0.724. The Kier molecular flexibility index (Phi) is 3.47. The molecule has 94 valence electrons. The van der Waals surface area contributed by atoms with E-state index in [-0.39, 0.29) is 17.5 Å². The molecule has 5 heteroatoms. The zero-order valence-corrected chi connectivity index (χ0v) is 9.75. The van der Waals surface area contributed by atoms with Crippen molar-refractivity contribution >= 4 is 11.4 Å². The minimum absolute atomic E-state index is 0.00319. The van der Waals surface area contributed by atoms with Crippen LogP contribution in [0.2, 0.25) is 0 Å². The van der Waals surface area contributed by atoms with Gasteiger partial charge < -0.3 is 15.4 Å². The molecule has 0 amide bonds. The van der Waals surface area contributed by atoms with E-state index in [1.165, 1.54) is 0 Å². The monoisotopic (exact) mass is 242 g/mol. The Morgan fingerprint density at radius 2 is 2.00 bits per heavy atom. The highest BCUT2D eigenvalue weighted by molar-refractivity contribution is 5.56. The van der Waals surface area contributed by atoms with E-state index in [1.54, 1.807) is 4.90 Å². The maximum atomic E-state index is 13.8. The third-order valence-corrected chi connectivity index (χ3v) is 2.81. The van der Waals surface area contributed by atoms with Gasteiger partial charge in [0.05, 0.1) is 6.10 Å². The number of hydrogen-bond donors (Lipinski definition) is 1. The molecule has 1 fully saturated rings. The summed E-state index contributed by atoms with van der Waals surface area (Å²) in [6.45, 7) is 3.58. The van der Waals surface area contributed by atoms with Gasteiger partial charge in [0.15, 0.2) is 11.6 Å². The van der Waals surface area contributed by atoms with Crippen LogP contribution in [0.5, 0.6) is 0 Å². The average molecular weight is 242 g/mol. The first-order chi connectivity index (χ1) is 8.08. The van der Waals surface area contributed by atoms with Crippen LogP contribution < -0.4 is 10.6 Å². The van der Waals surface area contributed by atoms with Crippen LogP contribution in [0.1, 0.15) is 13.3 Å². The summed E-state index contributed by atoms with van der Waals surface area (Å²) in [5, 5.41) is 0. The van der Waals surface area contributed by atoms with Crippen LogP contribution in [0.3, 0.4) is 0 Å². The van der Waals surface area contributed by atoms with Gasteiger partial charge in [0, 0.05) is 25.4 Å². The summed E-state index contributed by atoms with van der Waals surface area (Å²) in [6, 6.07) is 2.30. The van der Waals surface area contributed by atoms with Gasteiger partial charge in [-0.1, -0.05) is 0 Å². The van der Waals surface area contributed by atoms with Crippen LogP contribution in [-0.2, 0) is 4.74 Å². The third-order valence-electron chi connectivity index (χ3n) is 2.81. The van der Waals surface area contributed by atoms with Gasteiger partial charge in [-0.25, -0.2) is 8.78 Å². The van der Waals surface area contributed by atoms with E-state index in [0.717, 1.165) is 18.6 Å². The molecule has 2 N–H and O–H groups in total. The molecule has 0 radical (unpaired) electrons. The topological polar surface area (TPSA) is 38.5 Å². The minimum Gasteiger partial charge on any atom is -0.399 e. The predicted octanol–water partition coefficient (Wildman–Crippen LogP) is 2.16. The number of halogens is 2. The number of nitrogens with zero attached hydrogens (tertiary/aromatic N) is 1. The molecular formula is C12H16F2N2O. The summed E-state index contributed by atoms with van der Waals surface area (Å²) in [4.78, 5) is 1.68. The first kappa shape index (κ1) is 12.1. The fraction of sp³-hybridized carbons (Fsp3) is 0.500. The van der Waals surface area contributed by atoms with E-state index in [1.807, 2.05) is 6.92 Å². The standard InChI is InChI=1S/C12H16F2N2O/c1-8-7-16(3-2-4-17-8)12-10(13)5-9(15)6-11(12)14/h5-6,8H,2-4,7,15H2,1H3. The Bertz CT molecular complexity index is 388. The lowest BCUT2D eigenvalue weighted by Gasteiger charge is -2.25. The molecule has 1 aromatic rings. The Hall–Kier alpha value is -1.36. The molecule has 1 unspecified atom stereocenters. The molecule has 3 nitrogen and oxygen atoms in total. The lowest BCUT2D eigenvalue weighted by Crippen LogP contribution is -2.31. The molecule has 0 bridgehead atoms. The van der Waals surface area contributed by atoms with Crippen molar-refractivity contribution in [1.29, 1.82) is 0 Å². The van der Waals surface area contributed by atoms with E-state index in [0.29, 0.717) is 19.7 Å². The van der Waals surface area contributed by atoms with Gasteiger partial charge >= 0.3 is 0 Å². The summed E-state index contributed by atoms with van der Waals surface area (Å²) >= 11 is 0. The number of nitrogen functional groups attached to an aromatic ring is 1. The first-order valence-corrected chi connectivity index (χ1v) is 5.69. The largest absolute Gasteiger partial charge is 0.399 e. The molecular weight excluding hydrogens is 226 g/mol. The van der Waals surface area contributed by atoms with Gasteiger partial charge in [-0.2, -0.15) is 0 Å². The maximum Gasteiger partial charge on any atom is 0.151 e. The van der Waals surface area contributed by atoms with Crippen molar-refractivity contribution in [2.75, 3.05) is 30.3 Å². The number of nitrogens with two attached hydrogens (primary N) is 1. The van der Waals surface area contributed by atoms with Crippen molar-refractivity contribution in [3.8, 4) is 0 Å². The molecule has 1 aromatic carbocycles. The third kappa shape index (κ3) is 2.66. The van der Waals surface area contributed by atoms with Crippen LogP contribution in [0.25, 0.3) is 0 Å². The zero-order valence-electron chi connectivity index (χ0n) is 9.75. The molecule has 2 rings (SSSR count). The van der Waals surface area contributed by atoms with Gasteiger partial charge in [0.1, 0.15) is 5.69 Å². The molecule has 0 aliphatic carbocycles. The lowest BCUT2D eigenvalue weighted by atomic mass is 10.2. The molecule has 1 aliphatic rings. The summed E-state index contributed by atoms with van der Waals surface area (Å²) < 4.78 is 33.0. The van der Waals surface area contributed by atoms with Crippen molar-refractivity contribution in [1.82, 2.24) is 0 Å². The highest BCUT2D eigenvalue weighted by Gasteiger charge is 2.21. The Morgan fingerprint density at radius 3 is 2.65 bits per heavy atom. The maximum absolute atomic E-state index is 13.8. The molecule has 1 heterocycles. The molecule has 1 atom stereocenters. The van der Waals surface area contributed by atoms with Crippen LogP contribution >= 0.6 is 0 Å². The highest BCUT2D eigenvalue weighted by atomic mass is 19.1. The Morgan fingerprint density at radius 1 is 1.35 bits per heavy atom. The van der Waals surface area contributed by atoms with Crippen molar-refractivity contribution in [3.05, 3.63) is 23.8 Å². The van der Waals surface area contributed by atoms with E-state index in [9.17, 15) is 8.78 Å². The number of benzene rings is 1. The number of anilines is 2. The van der Waals surface area contributed by atoms with E-state index < -0.39 is 11.6 Å². The minimum atomic E-state index is -0.614. The van der Waals surface area contributed by atoms with Crippen molar-refractivity contribution < 1.29 is 13.5 Å². The van der Waals surface area contributed by atoms with Crippen molar-refractivity contribution in [2.24, 2.45) is 0 Å². The molecule has 17 heavy (non-hydrogen) atoms.